The number of rotatable bonds is 4. The van der Waals surface area contributed by atoms with Crippen molar-refractivity contribution in [2.24, 2.45) is 0 Å². The van der Waals surface area contributed by atoms with Crippen molar-refractivity contribution < 1.29 is 9.63 Å². The average molecular weight is 246 g/mol. The Morgan fingerprint density at radius 1 is 1.56 bits per heavy atom. The number of hydroxylamine groups is 1. The molecular formula is C14H18N2O2. The Kier molecular flexibility index (Phi) is 4.12. The summed E-state index contributed by atoms with van der Waals surface area (Å²) in [5.41, 5.74) is 5.48. The van der Waals surface area contributed by atoms with Crippen molar-refractivity contribution in [2.45, 2.75) is 25.6 Å². The first-order chi connectivity index (χ1) is 8.70. The second-order valence-corrected chi connectivity index (χ2v) is 4.55. The van der Waals surface area contributed by atoms with E-state index in [9.17, 15) is 4.79 Å². The fourth-order valence-electron chi connectivity index (χ4n) is 2.03. The maximum atomic E-state index is 11.0. The zero-order valence-corrected chi connectivity index (χ0v) is 10.6. The first kappa shape index (κ1) is 12.8. The minimum atomic E-state index is 0.00945. The minimum Gasteiger partial charge on any atom is -0.298 e. The SMILES string of the molecule is C=C1CCC(N(C)Cc2ccccc2C=O)ON1. The van der Waals surface area contributed by atoms with Crippen molar-refractivity contribution in [3.63, 3.8) is 0 Å². The lowest BCUT2D eigenvalue weighted by Crippen LogP contribution is -2.40. The summed E-state index contributed by atoms with van der Waals surface area (Å²) in [5, 5.41) is 0. The molecule has 1 atom stereocenters. The van der Waals surface area contributed by atoms with E-state index in [1.165, 1.54) is 0 Å². The topological polar surface area (TPSA) is 41.6 Å². The highest BCUT2D eigenvalue weighted by Gasteiger charge is 2.21. The van der Waals surface area contributed by atoms with Crippen LogP contribution in [0.25, 0.3) is 0 Å². The standard InChI is InChI=1S/C14H18N2O2/c1-11-7-8-14(18-15-11)16(2)9-12-5-3-4-6-13(12)10-17/h3-6,10,14-15H,1,7-9H2,2H3. The maximum Gasteiger partial charge on any atom is 0.150 e. The molecule has 1 aliphatic rings. The van der Waals surface area contributed by atoms with Gasteiger partial charge in [0.2, 0.25) is 0 Å². The van der Waals surface area contributed by atoms with E-state index in [-0.39, 0.29) is 6.23 Å². The Balaban J connectivity index is 2.00. The van der Waals surface area contributed by atoms with Crippen LogP contribution < -0.4 is 5.48 Å². The van der Waals surface area contributed by atoms with Gasteiger partial charge in [0.1, 0.15) is 12.5 Å². The van der Waals surface area contributed by atoms with Crippen molar-refractivity contribution in [2.75, 3.05) is 7.05 Å². The molecule has 96 valence electrons. The molecular weight excluding hydrogens is 228 g/mol. The summed E-state index contributed by atoms with van der Waals surface area (Å²) in [4.78, 5) is 18.5. The van der Waals surface area contributed by atoms with Crippen LogP contribution in [-0.4, -0.2) is 24.5 Å². The van der Waals surface area contributed by atoms with Gasteiger partial charge in [0.25, 0.3) is 0 Å². The van der Waals surface area contributed by atoms with Gasteiger partial charge < -0.3 is 0 Å². The maximum absolute atomic E-state index is 11.0. The second-order valence-electron chi connectivity index (χ2n) is 4.55. The second kappa shape index (κ2) is 5.80. The summed E-state index contributed by atoms with van der Waals surface area (Å²) in [5.74, 6) is 0. The number of hydrogen-bond donors (Lipinski definition) is 1. The summed E-state index contributed by atoms with van der Waals surface area (Å²) in [6, 6.07) is 7.61. The highest BCUT2D eigenvalue weighted by Crippen LogP contribution is 2.18. The predicted octanol–water partition coefficient (Wildman–Crippen LogP) is 2.09. The number of aldehydes is 1. The van der Waals surface area contributed by atoms with Gasteiger partial charge in [-0.05, 0) is 25.5 Å². The van der Waals surface area contributed by atoms with Crippen LogP contribution in [0.1, 0.15) is 28.8 Å². The molecule has 1 heterocycles. The van der Waals surface area contributed by atoms with Gasteiger partial charge in [0.05, 0.1) is 0 Å². The van der Waals surface area contributed by atoms with E-state index in [2.05, 4.69) is 17.0 Å². The molecule has 1 aliphatic heterocycles. The molecule has 4 nitrogen and oxygen atoms in total. The number of carbonyl (C=O) groups is 1. The molecule has 1 aromatic rings. The van der Waals surface area contributed by atoms with Crippen LogP contribution in [0.3, 0.4) is 0 Å². The van der Waals surface area contributed by atoms with E-state index in [0.717, 1.165) is 36.0 Å². The van der Waals surface area contributed by atoms with E-state index < -0.39 is 0 Å². The smallest absolute Gasteiger partial charge is 0.150 e. The molecule has 0 amide bonds. The van der Waals surface area contributed by atoms with Gasteiger partial charge in [0.15, 0.2) is 0 Å². The third-order valence-electron chi connectivity index (χ3n) is 3.13. The summed E-state index contributed by atoms with van der Waals surface area (Å²) in [6.45, 7) is 4.51. The molecule has 1 N–H and O–H groups in total. The number of benzene rings is 1. The van der Waals surface area contributed by atoms with Gasteiger partial charge in [-0.1, -0.05) is 30.8 Å². The Hall–Kier alpha value is -1.65. The van der Waals surface area contributed by atoms with Crippen molar-refractivity contribution in [1.29, 1.82) is 0 Å². The largest absolute Gasteiger partial charge is 0.298 e. The molecule has 0 radical (unpaired) electrons. The van der Waals surface area contributed by atoms with Crippen molar-refractivity contribution in [3.8, 4) is 0 Å². The molecule has 1 fully saturated rings. The Morgan fingerprint density at radius 3 is 3.00 bits per heavy atom. The Bertz CT molecular complexity index is 435. The summed E-state index contributed by atoms with van der Waals surface area (Å²) < 4.78 is 0. The molecule has 0 aliphatic carbocycles. The van der Waals surface area contributed by atoms with Gasteiger partial charge in [-0.25, -0.2) is 0 Å². The minimum absolute atomic E-state index is 0.00945. The van der Waals surface area contributed by atoms with Crippen LogP contribution >= 0.6 is 0 Å². The van der Waals surface area contributed by atoms with Crippen molar-refractivity contribution in [1.82, 2.24) is 10.4 Å². The highest BCUT2D eigenvalue weighted by molar-refractivity contribution is 5.77. The molecule has 0 bridgehead atoms. The van der Waals surface area contributed by atoms with Gasteiger partial charge in [0, 0.05) is 17.8 Å². The van der Waals surface area contributed by atoms with E-state index in [4.69, 9.17) is 4.84 Å². The Morgan fingerprint density at radius 2 is 2.33 bits per heavy atom. The van der Waals surface area contributed by atoms with Crippen LogP contribution in [0, 0.1) is 0 Å². The molecule has 0 saturated carbocycles. The van der Waals surface area contributed by atoms with Gasteiger partial charge in [-0.15, -0.1) is 0 Å². The number of nitrogens with one attached hydrogen (secondary N) is 1. The lowest BCUT2D eigenvalue weighted by Gasteiger charge is -2.32. The van der Waals surface area contributed by atoms with Gasteiger partial charge in [-0.2, -0.15) is 0 Å². The normalized spacial score (nSPS) is 19.7. The number of allylic oxidation sites excluding steroid dienone is 1. The predicted molar refractivity (Wildman–Crippen MR) is 69.7 cm³/mol. The first-order valence-corrected chi connectivity index (χ1v) is 6.03. The van der Waals surface area contributed by atoms with Crippen LogP contribution in [0.2, 0.25) is 0 Å². The zero-order valence-electron chi connectivity index (χ0n) is 10.6. The molecule has 0 aromatic heterocycles. The van der Waals surface area contributed by atoms with Gasteiger partial charge >= 0.3 is 0 Å². The monoisotopic (exact) mass is 246 g/mol. The zero-order chi connectivity index (χ0) is 13.0. The quantitative estimate of drug-likeness (QED) is 0.826. The molecule has 1 unspecified atom stereocenters. The summed E-state index contributed by atoms with van der Waals surface area (Å²) in [7, 11) is 1.99. The van der Waals surface area contributed by atoms with E-state index in [1.54, 1.807) is 0 Å². The molecule has 4 heteroatoms. The third-order valence-corrected chi connectivity index (χ3v) is 3.13. The lowest BCUT2D eigenvalue weighted by atomic mass is 10.1. The van der Waals surface area contributed by atoms with Crippen LogP contribution in [0.15, 0.2) is 36.5 Å². The summed E-state index contributed by atoms with van der Waals surface area (Å²) >= 11 is 0. The summed E-state index contributed by atoms with van der Waals surface area (Å²) in [6.07, 6.45) is 2.72. The van der Waals surface area contributed by atoms with E-state index in [1.807, 2.05) is 31.3 Å². The lowest BCUT2D eigenvalue weighted by molar-refractivity contribution is -0.114. The van der Waals surface area contributed by atoms with E-state index in [0.29, 0.717) is 6.54 Å². The average Bonchev–Trinajstić information content (AvgIpc) is 2.40. The first-order valence-electron chi connectivity index (χ1n) is 6.03. The van der Waals surface area contributed by atoms with Gasteiger partial charge in [-0.3, -0.25) is 20.0 Å². The van der Waals surface area contributed by atoms with Crippen LogP contribution in [-0.2, 0) is 11.4 Å². The molecule has 2 rings (SSSR count). The fraction of sp³-hybridized carbons (Fsp3) is 0.357. The van der Waals surface area contributed by atoms with Crippen LogP contribution in [0.4, 0.5) is 0 Å². The molecule has 1 saturated heterocycles. The third kappa shape index (κ3) is 2.97. The fourth-order valence-corrected chi connectivity index (χ4v) is 2.03. The van der Waals surface area contributed by atoms with Crippen LogP contribution in [0.5, 0.6) is 0 Å². The molecule has 0 spiro atoms. The van der Waals surface area contributed by atoms with E-state index >= 15 is 0 Å². The number of nitrogens with zero attached hydrogens (tertiary/aromatic N) is 1. The Labute approximate surface area is 107 Å². The highest BCUT2D eigenvalue weighted by atomic mass is 16.7. The number of carbonyl (C=O) groups excluding carboxylic acids is 1. The number of hydrogen-bond acceptors (Lipinski definition) is 4. The van der Waals surface area contributed by atoms with Crippen molar-refractivity contribution in [3.05, 3.63) is 47.7 Å². The molecule has 18 heavy (non-hydrogen) atoms. The van der Waals surface area contributed by atoms with Crippen molar-refractivity contribution >= 4 is 6.29 Å². The molecule has 1 aromatic carbocycles.